The summed E-state index contributed by atoms with van der Waals surface area (Å²) in [4.78, 5) is 15.0. The number of rotatable bonds is 4. The van der Waals surface area contributed by atoms with Crippen LogP contribution in [0.5, 0.6) is 0 Å². The van der Waals surface area contributed by atoms with Crippen molar-refractivity contribution in [1.29, 1.82) is 5.26 Å². The molecule has 4 rings (SSSR count). The number of hydrogen-bond acceptors (Lipinski definition) is 4. The first-order valence-electron chi connectivity index (χ1n) is 9.88. The van der Waals surface area contributed by atoms with Gasteiger partial charge in [-0.15, -0.1) is 0 Å². The first-order valence-corrected chi connectivity index (χ1v) is 9.88. The highest BCUT2D eigenvalue weighted by Crippen LogP contribution is 2.27. The number of nitriles is 1. The first kappa shape index (κ1) is 18.5. The summed E-state index contributed by atoms with van der Waals surface area (Å²) in [6.45, 7) is 6.28. The maximum Gasteiger partial charge on any atom is 0.339 e. The molecule has 1 fully saturated rings. The molecular weight excluding hydrogens is 348 g/mol. The van der Waals surface area contributed by atoms with Crippen molar-refractivity contribution in [2.75, 3.05) is 13.1 Å². The fourth-order valence-electron chi connectivity index (χ4n) is 4.18. The predicted molar refractivity (Wildman–Crippen MR) is 111 cm³/mol. The zero-order valence-corrected chi connectivity index (χ0v) is 16.4. The minimum Gasteiger partial charge on any atom is -0.423 e. The molecule has 0 N–H and O–H groups in total. The fraction of sp³-hybridized carbons (Fsp3) is 0.333. The minimum absolute atomic E-state index is 0.219. The second-order valence-electron chi connectivity index (χ2n) is 7.67. The van der Waals surface area contributed by atoms with Crippen molar-refractivity contribution in [3.8, 4) is 17.2 Å². The average molecular weight is 372 g/mol. The molecule has 2 heterocycles. The fourth-order valence-corrected chi connectivity index (χ4v) is 4.18. The standard InChI is InChI=1S/C24H24N2O2/c1-16-4-3-12-26(16)13-11-21-17(2)22-14-20(9-10-23(22)28-24(21)27)19-7-5-18(15-25)6-8-19/h5-10,14,16H,3-4,11-13H2,1-2H3/t16-/m1/s1. The van der Waals surface area contributed by atoms with Crippen LogP contribution in [0.25, 0.3) is 22.1 Å². The van der Waals surface area contributed by atoms with E-state index in [4.69, 9.17) is 9.68 Å². The van der Waals surface area contributed by atoms with Crippen molar-refractivity contribution in [1.82, 2.24) is 4.90 Å². The van der Waals surface area contributed by atoms with E-state index in [0.29, 0.717) is 17.2 Å². The molecule has 0 radical (unpaired) electrons. The number of aryl methyl sites for hydroxylation is 1. The summed E-state index contributed by atoms with van der Waals surface area (Å²) in [6.07, 6.45) is 3.19. The Hall–Kier alpha value is -2.90. The Bertz CT molecular complexity index is 1110. The monoisotopic (exact) mass is 372 g/mol. The average Bonchev–Trinajstić information content (AvgIpc) is 3.12. The van der Waals surface area contributed by atoms with Crippen LogP contribution in [0.2, 0.25) is 0 Å². The molecule has 0 unspecified atom stereocenters. The summed E-state index contributed by atoms with van der Waals surface area (Å²) in [7, 11) is 0. The zero-order chi connectivity index (χ0) is 19.7. The van der Waals surface area contributed by atoms with E-state index in [1.807, 2.05) is 43.3 Å². The highest BCUT2D eigenvalue weighted by molar-refractivity contribution is 5.86. The van der Waals surface area contributed by atoms with Crippen LogP contribution >= 0.6 is 0 Å². The van der Waals surface area contributed by atoms with Crippen LogP contribution in [0.1, 0.15) is 36.5 Å². The molecule has 28 heavy (non-hydrogen) atoms. The van der Waals surface area contributed by atoms with E-state index in [2.05, 4.69) is 24.0 Å². The van der Waals surface area contributed by atoms with Gasteiger partial charge in [0.2, 0.25) is 0 Å². The molecule has 1 aliphatic rings. The predicted octanol–water partition coefficient (Wildman–Crippen LogP) is 4.67. The van der Waals surface area contributed by atoms with Gasteiger partial charge in [-0.25, -0.2) is 4.79 Å². The maximum absolute atomic E-state index is 12.6. The molecule has 2 aromatic carbocycles. The SMILES string of the molecule is Cc1c(CCN2CCC[C@H]2C)c(=O)oc2ccc(-c3ccc(C#N)cc3)cc12. The Morgan fingerprint density at radius 3 is 2.61 bits per heavy atom. The largest absolute Gasteiger partial charge is 0.423 e. The second kappa shape index (κ2) is 7.61. The van der Waals surface area contributed by atoms with Gasteiger partial charge < -0.3 is 9.32 Å². The number of likely N-dealkylation sites (tertiary alicyclic amines) is 1. The van der Waals surface area contributed by atoms with Crippen molar-refractivity contribution >= 4 is 11.0 Å². The summed E-state index contributed by atoms with van der Waals surface area (Å²) in [5.74, 6) is 0. The molecule has 1 aromatic heterocycles. The summed E-state index contributed by atoms with van der Waals surface area (Å²) in [5, 5.41) is 9.96. The molecular formula is C24H24N2O2. The van der Waals surface area contributed by atoms with Crippen molar-refractivity contribution < 1.29 is 4.42 Å². The first-order chi connectivity index (χ1) is 13.6. The van der Waals surface area contributed by atoms with E-state index in [1.165, 1.54) is 12.8 Å². The van der Waals surface area contributed by atoms with E-state index >= 15 is 0 Å². The lowest BCUT2D eigenvalue weighted by Crippen LogP contribution is -2.30. The summed E-state index contributed by atoms with van der Waals surface area (Å²) in [6, 6.07) is 16.2. The normalized spacial score (nSPS) is 17.1. The van der Waals surface area contributed by atoms with Gasteiger partial charge in [0.1, 0.15) is 5.58 Å². The smallest absolute Gasteiger partial charge is 0.339 e. The molecule has 0 saturated carbocycles. The lowest BCUT2D eigenvalue weighted by atomic mass is 9.98. The molecule has 1 atom stereocenters. The van der Waals surface area contributed by atoms with Crippen LogP contribution in [-0.2, 0) is 6.42 Å². The number of fused-ring (bicyclic) bond motifs is 1. The zero-order valence-electron chi connectivity index (χ0n) is 16.4. The van der Waals surface area contributed by atoms with E-state index < -0.39 is 0 Å². The Morgan fingerprint density at radius 2 is 1.93 bits per heavy atom. The Balaban J connectivity index is 1.69. The van der Waals surface area contributed by atoms with Gasteiger partial charge in [-0.1, -0.05) is 18.2 Å². The van der Waals surface area contributed by atoms with Gasteiger partial charge in [-0.05, 0) is 80.6 Å². The molecule has 1 aliphatic heterocycles. The van der Waals surface area contributed by atoms with Crippen LogP contribution in [0.15, 0.2) is 51.7 Å². The molecule has 4 heteroatoms. The Morgan fingerprint density at radius 1 is 1.18 bits per heavy atom. The third-order valence-corrected chi connectivity index (χ3v) is 5.97. The third kappa shape index (κ3) is 3.46. The van der Waals surface area contributed by atoms with E-state index in [9.17, 15) is 4.79 Å². The van der Waals surface area contributed by atoms with Crippen LogP contribution in [-0.4, -0.2) is 24.0 Å². The van der Waals surface area contributed by atoms with Gasteiger partial charge >= 0.3 is 5.63 Å². The second-order valence-corrected chi connectivity index (χ2v) is 7.67. The van der Waals surface area contributed by atoms with Crippen molar-refractivity contribution in [2.45, 2.75) is 39.2 Å². The topological polar surface area (TPSA) is 57.2 Å². The summed E-state index contributed by atoms with van der Waals surface area (Å²) >= 11 is 0. The molecule has 0 bridgehead atoms. The molecule has 4 nitrogen and oxygen atoms in total. The van der Waals surface area contributed by atoms with E-state index in [-0.39, 0.29) is 5.63 Å². The van der Waals surface area contributed by atoms with Gasteiger partial charge in [0.05, 0.1) is 11.6 Å². The van der Waals surface area contributed by atoms with Crippen LogP contribution in [0, 0.1) is 18.3 Å². The number of nitrogens with zero attached hydrogens (tertiary/aromatic N) is 2. The van der Waals surface area contributed by atoms with Crippen LogP contribution in [0.3, 0.4) is 0 Å². The summed E-state index contributed by atoms with van der Waals surface area (Å²) in [5.41, 5.74) is 4.93. The van der Waals surface area contributed by atoms with Gasteiger partial charge in [0, 0.05) is 23.5 Å². The Labute approximate surface area is 165 Å². The molecule has 0 amide bonds. The van der Waals surface area contributed by atoms with Crippen molar-refractivity contribution in [3.05, 3.63) is 69.6 Å². The van der Waals surface area contributed by atoms with Gasteiger partial charge in [-0.3, -0.25) is 0 Å². The van der Waals surface area contributed by atoms with Gasteiger partial charge in [0.15, 0.2) is 0 Å². The molecule has 0 aliphatic carbocycles. The number of hydrogen-bond donors (Lipinski definition) is 0. The van der Waals surface area contributed by atoms with E-state index in [0.717, 1.165) is 47.2 Å². The van der Waals surface area contributed by atoms with Gasteiger partial charge in [-0.2, -0.15) is 5.26 Å². The molecule has 3 aromatic rings. The molecule has 0 spiro atoms. The van der Waals surface area contributed by atoms with E-state index in [1.54, 1.807) is 0 Å². The van der Waals surface area contributed by atoms with Gasteiger partial charge in [0.25, 0.3) is 0 Å². The lowest BCUT2D eigenvalue weighted by molar-refractivity contribution is 0.271. The van der Waals surface area contributed by atoms with Crippen molar-refractivity contribution in [3.63, 3.8) is 0 Å². The molecule has 1 saturated heterocycles. The minimum atomic E-state index is -0.219. The highest BCUT2D eigenvalue weighted by Gasteiger charge is 2.21. The highest BCUT2D eigenvalue weighted by atomic mass is 16.4. The third-order valence-electron chi connectivity index (χ3n) is 5.97. The maximum atomic E-state index is 12.6. The Kier molecular flexibility index (Phi) is 5.02. The van der Waals surface area contributed by atoms with Crippen molar-refractivity contribution in [2.24, 2.45) is 0 Å². The lowest BCUT2D eigenvalue weighted by Gasteiger charge is -2.21. The van der Waals surface area contributed by atoms with Crippen LogP contribution < -0.4 is 5.63 Å². The summed E-state index contributed by atoms with van der Waals surface area (Å²) < 4.78 is 5.63. The molecule has 142 valence electrons. The quantitative estimate of drug-likeness (QED) is 0.625. The number of benzene rings is 2. The van der Waals surface area contributed by atoms with Crippen LogP contribution in [0.4, 0.5) is 0 Å².